The first-order valence-corrected chi connectivity index (χ1v) is 16.2. The number of amides is 2. The molecule has 6 aromatic heterocycles. The monoisotopic (exact) mass is 750 g/mol. The van der Waals surface area contributed by atoms with E-state index in [4.69, 9.17) is 57.8 Å². The molecule has 0 saturated heterocycles. The maximum Gasteiger partial charge on any atom is 0.290 e. The highest BCUT2D eigenvalue weighted by molar-refractivity contribution is 5.93. The minimum atomic E-state index is -0.634. The van der Waals surface area contributed by atoms with Gasteiger partial charge in [0.15, 0.2) is 34.2 Å². The zero-order valence-corrected chi connectivity index (χ0v) is 28.2. The molecule has 12 bridgehead atoms. The number of nitrogens with two attached hydrogens (primary N) is 2. The van der Waals surface area contributed by atoms with Crippen LogP contribution >= 0.6 is 0 Å². The lowest BCUT2D eigenvalue weighted by Crippen LogP contribution is -2.29. The van der Waals surface area contributed by atoms with Crippen LogP contribution in [-0.4, -0.2) is 78.0 Å². The highest BCUT2D eigenvalue weighted by atomic mass is 16.4. The van der Waals surface area contributed by atoms with E-state index in [1.54, 1.807) is 0 Å². The van der Waals surface area contributed by atoms with Gasteiger partial charge in [0.1, 0.15) is 49.7 Å². The molecule has 0 aliphatic carbocycles. The number of hydrogen-bond donors (Lipinski definition) is 6. The number of carbonyl (C=O) groups excluding carboxylic acids is 2. The lowest BCUT2D eigenvalue weighted by atomic mass is 10.1. The maximum absolute atomic E-state index is 13.3. The van der Waals surface area contributed by atoms with Gasteiger partial charge in [0.05, 0.1) is 0 Å². The number of nitrogens with one attached hydrogen (secondary N) is 2. The normalized spacial score (nSPS) is 15.0. The van der Waals surface area contributed by atoms with Crippen LogP contribution in [0.3, 0.4) is 0 Å². The Kier molecular flexibility index (Phi) is 13.1. The van der Waals surface area contributed by atoms with Gasteiger partial charge in [0, 0.05) is 0 Å². The fourth-order valence-electron chi connectivity index (χ4n) is 5.03. The minimum absolute atomic E-state index is 0.00190. The average Bonchev–Trinajstić information content (AvgIpc) is 4.01. The van der Waals surface area contributed by atoms with E-state index in [1.807, 2.05) is 0 Å². The molecule has 22 nitrogen and oxygen atoms in total. The molecule has 1 aliphatic heterocycles. The number of unbranched alkanes of at least 4 members (excludes halogenated alkanes) is 2. The fourth-order valence-corrected chi connectivity index (χ4v) is 5.03. The first-order chi connectivity index (χ1) is 26.3. The Bertz CT molecular complexity index is 1980. The molecule has 2 atom stereocenters. The molecule has 284 valence electrons. The summed E-state index contributed by atoms with van der Waals surface area (Å²) in [4.78, 5) is 69.7. The number of hydrogen-bond acceptors (Lipinski definition) is 18. The molecule has 0 fully saturated rings. The van der Waals surface area contributed by atoms with Gasteiger partial charge in [0.25, 0.3) is 24.8 Å². The van der Waals surface area contributed by atoms with Gasteiger partial charge >= 0.3 is 0 Å². The molecule has 0 spiro atoms. The van der Waals surface area contributed by atoms with Crippen molar-refractivity contribution in [1.82, 2.24) is 40.5 Å². The van der Waals surface area contributed by atoms with Crippen molar-refractivity contribution in [2.75, 3.05) is 13.1 Å². The quantitative estimate of drug-likeness (QED) is 0.0960. The smallest absolute Gasteiger partial charge is 0.290 e. The summed E-state index contributed by atoms with van der Waals surface area (Å²) >= 11 is 0. The van der Waals surface area contributed by atoms with Gasteiger partial charge in [-0.3, -0.25) is 19.2 Å². The SMILES string of the molecule is NCCCC[C@@H]1NC(=O)c2coc(n2)-c2coc(n2)-c2coc(n2)[C@H](CCCCN)NC(=O)c2coc(n2)-c2coc(n2)-c2coc1n2.O=CO.O=CO. The van der Waals surface area contributed by atoms with Crippen LogP contribution in [0.5, 0.6) is 0 Å². The Labute approximate surface area is 303 Å². The summed E-state index contributed by atoms with van der Waals surface area (Å²) in [5.41, 5.74) is 12.4. The number of rotatable bonds is 8. The van der Waals surface area contributed by atoms with Gasteiger partial charge in [-0.05, 0) is 51.6 Å². The van der Waals surface area contributed by atoms with Crippen molar-refractivity contribution in [2.45, 2.75) is 50.6 Å². The summed E-state index contributed by atoms with van der Waals surface area (Å²) in [6.07, 6.45) is 11.6. The fraction of sp³-hybridized carbons (Fsp3) is 0.312. The zero-order chi connectivity index (χ0) is 38.5. The van der Waals surface area contributed by atoms with Crippen molar-refractivity contribution in [3.63, 3.8) is 0 Å². The molecule has 8 N–H and O–H groups in total. The van der Waals surface area contributed by atoms with Crippen molar-refractivity contribution < 1.29 is 55.9 Å². The Morgan fingerprint density at radius 2 is 0.815 bits per heavy atom. The molecule has 0 radical (unpaired) electrons. The molecule has 6 aromatic rings. The van der Waals surface area contributed by atoms with Crippen LogP contribution in [0, 0.1) is 0 Å². The van der Waals surface area contributed by atoms with E-state index >= 15 is 0 Å². The zero-order valence-electron chi connectivity index (χ0n) is 28.2. The number of carboxylic acid groups (broad SMARTS) is 2. The summed E-state index contributed by atoms with van der Waals surface area (Å²) in [5.74, 6) is -0.299. The van der Waals surface area contributed by atoms with Crippen LogP contribution in [0.1, 0.15) is 83.4 Å². The van der Waals surface area contributed by atoms with Crippen LogP contribution in [0.15, 0.2) is 64.1 Å². The lowest BCUT2D eigenvalue weighted by Gasteiger charge is -2.14. The van der Waals surface area contributed by atoms with E-state index in [-0.39, 0.29) is 82.5 Å². The predicted octanol–water partition coefficient (Wildman–Crippen LogP) is 3.20. The van der Waals surface area contributed by atoms with Crippen LogP contribution in [0.2, 0.25) is 0 Å². The summed E-state index contributed by atoms with van der Waals surface area (Å²) < 4.78 is 33.8. The number of carbonyl (C=O) groups is 4. The number of aromatic nitrogens is 6. The third kappa shape index (κ3) is 9.29. The topological polar surface area (TPSA) is 341 Å². The largest absolute Gasteiger partial charge is 0.483 e. The lowest BCUT2D eigenvalue weighted by molar-refractivity contribution is -0.123. The molecular weight excluding hydrogens is 716 g/mol. The second-order valence-corrected chi connectivity index (χ2v) is 11.1. The standard InChI is InChI=1S/C30H30N10O8.2CH2O2/c31-7-3-1-5-15-25-37-21(11-45-25)29-39-20(13-47-29)28-36-18(10-44-28)24(42)34-16(6-2-4-8-32)26-38-22(12-46-26)30-40-19(14-48-30)27-35-17(9-43-27)23(41)33-15;2*2-1-3/h9-16H,1-8,31-32H2,(H,33,41)(H,34,42);2*1H,(H,2,3)/t15-,16-;;/m0../s1. The molecular formula is C32H34N10O12. The highest BCUT2D eigenvalue weighted by Crippen LogP contribution is 2.30. The summed E-state index contributed by atoms with van der Waals surface area (Å²) in [7, 11) is 0. The molecule has 0 unspecified atom stereocenters. The Morgan fingerprint density at radius 1 is 0.519 bits per heavy atom. The Morgan fingerprint density at radius 3 is 1.17 bits per heavy atom. The summed E-state index contributed by atoms with van der Waals surface area (Å²) in [6, 6.07) is -1.27. The second kappa shape index (κ2) is 18.5. The van der Waals surface area contributed by atoms with E-state index in [0.717, 1.165) is 12.8 Å². The van der Waals surface area contributed by atoms with E-state index in [9.17, 15) is 9.59 Å². The van der Waals surface area contributed by atoms with Crippen molar-refractivity contribution in [2.24, 2.45) is 11.5 Å². The summed E-state index contributed by atoms with van der Waals surface area (Å²) in [5, 5.41) is 19.6. The van der Waals surface area contributed by atoms with E-state index in [1.165, 1.54) is 37.6 Å². The molecule has 0 saturated carbocycles. The Hall–Kier alpha value is -6.94. The van der Waals surface area contributed by atoms with Crippen LogP contribution in [0.25, 0.3) is 46.3 Å². The molecule has 7 heterocycles. The van der Waals surface area contributed by atoms with E-state index < -0.39 is 23.9 Å². The second-order valence-electron chi connectivity index (χ2n) is 11.1. The molecule has 7 rings (SSSR count). The molecule has 54 heavy (non-hydrogen) atoms. The third-order valence-corrected chi connectivity index (χ3v) is 7.50. The van der Waals surface area contributed by atoms with Gasteiger partial charge in [0.2, 0.25) is 35.3 Å². The van der Waals surface area contributed by atoms with Gasteiger partial charge in [-0.25, -0.2) is 29.9 Å². The van der Waals surface area contributed by atoms with Gasteiger partial charge in [-0.1, -0.05) is 0 Å². The number of oxazole rings is 6. The minimum Gasteiger partial charge on any atom is -0.483 e. The third-order valence-electron chi connectivity index (χ3n) is 7.50. The van der Waals surface area contributed by atoms with Crippen molar-refractivity contribution in [1.29, 1.82) is 0 Å². The molecule has 2 amide bonds. The summed E-state index contributed by atoms with van der Waals surface area (Å²) in [6.45, 7) is 0.469. The first-order valence-electron chi connectivity index (χ1n) is 16.2. The first kappa shape index (κ1) is 38.3. The average molecular weight is 751 g/mol. The maximum atomic E-state index is 13.3. The van der Waals surface area contributed by atoms with Crippen LogP contribution < -0.4 is 22.1 Å². The number of fused-ring (bicyclic) bond motifs is 16. The number of nitrogens with zero attached hydrogens (tertiary/aromatic N) is 6. The van der Waals surface area contributed by atoms with Crippen molar-refractivity contribution in [3.8, 4) is 46.3 Å². The van der Waals surface area contributed by atoms with E-state index in [2.05, 4.69) is 40.5 Å². The van der Waals surface area contributed by atoms with Gasteiger partial charge in [-0.2, -0.15) is 0 Å². The molecule has 0 aromatic carbocycles. The van der Waals surface area contributed by atoms with Gasteiger partial charge in [-0.15, -0.1) is 0 Å². The van der Waals surface area contributed by atoms with Crippen LogP contribution in [-0.2, 0) is 9.59 Å². The molecule has 1 aliphatic rings. The highest BCUT2D eigenvalue weighted by Gasteiger charge is 2.27. The van der Waals surface area contributed by atoms with E-state index in [0.29, 0.717) is 38.8 Å². The predicted molar refractivity (Wildman–Crippen MR) is 179 cm³/mol. The van der Waals surface area contributed by atoms with Crippen molar-refractivity contribution in [3.05, 3.63) is 60.7 Å². The van der Waals surface area contributed by atoms with Gasteiger partial charge < -0.3 is 58.8 Å². The van der Waals surface area contributed by atoms with Crippen molar-refractivity contribution >= 4 is 24.8 Å². The Balaban J connectivity index is 0.000000878. The molecule has 22 heteroatoms. The van der Waals surface area contributed by atoms with Crippen LogP contribution in [0.4, 0.5) is 0 Å².